The minimum atomic E-state index is 0.217. The predicted molar refractivity (Wildman–Crippen MR) is 95.4 cm³/mol. The van der Waals surface area contributed by atoms with E-state index in [2.05, 4.69) is 52.5 Å². The van der Waals surface area contributed by atoms with Crippen LogP contribution in [0.2, 0.25) is 0 Å². The van der Waals surface area contributed by atoms with Gasteiger partial charge in [0.25, 0.3) is 0 Å². The molecule has 2 aromatic heterocycles. The van der Waals surface area contributed by atoms with Crippen molar-refractivity contribution in [3.8, 4) is 11.3 Å². The van der Waals surface area contributed by atoms with E-state index in [0.717, 1.165) is 41.6 Å². The SMILES string of the molecule is Cc1cc(N2C[C@H](C)O[C@@H](C)C2)n2cc(-c3ccccc3)nc2n1. The first-order valence-corrected chi connectivity index (χ1v) is 8.43. The van der Waals surface area contributed by atoms with E-state index in [1.54, 1.807) is 0 Å². The van der Waals surface area contributed by atoms with Crippen molar-refractivity contribution in [2.24, 2.45) is 0 Å². The van der Waals surface area contributed by atoms with Crippen LogP contribution in [0.25, 0.3) is 17.0 Å². The van der Waals surface area contributed by atoms with Crippen LogP contribution in [0.3, 0.4) is 0 Å². The van der Waals surface area contributed by atoms with E-state index >= 15 is 0 Å². The Morgan fingerprint density at radius 3 is 2.46 bits per heavy atom. The van der Waals surface area contributed by atoms with Crippen molar-refractivity contribution in [3.63, 3.8) is 0 Å². The lowest BCUT2D eigenvalue weighted by molar-refractivity contribution is -0.00553. The van der Waals surface area contributed by atoms with Crippen molar-refractivity contribution in [2.45, 2.75) is 33.0 Å². The average Bonchev–Trinajstić information content (AvgIpc) is 2.97. The third-order valence-corrected chi connectivity index (χ3v) is 4.36. The fraction of sp³-hybridized carbons (Fsp3) is 0.368. The molecule has 5 nitrogen and oxygen atoms in total. The number of morpholine rings is 1. The molecule has 0 aliphatic carbocycles. The number of aromatic nitrogens is 3. The smallest absolute Gasteiger partial charge is 0.236 e. The van der Waals surface area contributed by atoms with Crippen molar-refractivity contribution >= 4 is 11.6 Å². The van der Waals surface area contributed by atoms with Gasteiger partial charge >= 0.3 is 0 Å². The van der Waals surface area contributed by atoms with E-state index < -0.39 is 0 Å². The molecule has 124 valence electrons. The van der Waals surface area contributed by atoms with Gasteiger partial charge in [0.1, 0.15) is 5.82 Å². The monoisotopic (exact) mass is 322 g/mol. The summed E-state index contributed by atoms with van der Waals surface area (Å²) in [5.74, 6) is 1.88. The molecular formula is C19H22N4O. The molecule has 1 aliphatic rings. The number of ether oxygens (including phenoxy) is 1. The van der Waals surface area contributed by atoms with E-state index in [4.69, 9.17) is 9.72 Å². The number of nitrogens with zero attached hydrogens (tertiary/aromatic N) is 4. The first-order chi connectivity index (χ1) is 11.6. The molecule has 1 fully saturated rings. The Morgan fingerprint density at radius 1 is 1.04 bits per heavy atom. The molecule has 0 N–H and O–H groups in total. The van der Waals surface area contributed by atoms with Gasteiger partial charge in [-0.25, -0.2) is 9.97 Å². The molecule has 2 atom stereocenters. The summed E-state index contributed by atoms with van der Waals surface area (Å²) in [5, 5.41) is 0. The Morgan fingerprint density at radius 2 is 1.75 bits per heavy atom. The van der Waals surface area contributed by atoms with Crippen LogP contribution >= 0.6 is 0 Å². The largest absolute Gasteiger partial charge is 0.372 e. The van der Waals surface area contributed by atoms with Crippen LogP contribution in [0.5, 0.6) is 0 Å². The zero-order valence-electron chi connectivity index (χ0n) is 14.3. The molecule has 1 aromatic carbocycles. The van der Waals surface area contributed by atoms with E-state index in [1.165, 1.54) is 0 Å². The van der Waals surface area contributed by atoms with Crippen molar-refractivity contribution in [1.29, 1.82) is 0 Å². The van der Waals surface area contributed by atoms with E-state index in [-0.39, 0.29) is 12.2 Å². The number of benzene rings is 1. The number of aryl methyl sites for hydroxylation is 1. The molecule has 0 unspecified atom stereocenters. The summed E-state index contributed by atoms with van der Waals surface area (Å²) in [6.07, 6.45) is 2.51. The highest BCUT2D eigenvalue weighted by molar-refractivity contribution is 5.63. The molecule has 0 saturated carbocycles. The third-order valence-electron chi connectivity index (χ3n) is 4.36. The van der Waals surface area contributed by atoms with Gasteiger partial charge < -0.3 is 9.64 Å². The van der Waals surface area contributed by atoms with Gasteiger partial charge in [-0.3, -0.25) is 4.40 Å². The topological polar surface area (TPSA) is 42.7 Å². The third kappa shape index (κ3) is 2.76. The fourth-order valence-electron chi connectivity index (χ4n) is 3.42. The second kappa shape index (κ2) is 5.91. The summed E-state index contributed by atoms with van der Waals surface area (Å²) < 4.78 is 7.97. The number of imidazole rings is 1. The van der Waals surface area contributed by atoms with Crippen LogP contribution in [0.15, 0.2) is 42.6 Å². The van der Waals surface area contributed by atoms with Crippen molar-refractivity contribution in [3.05, 3.63) is 48.3 Å². The highest BCUT2D eigenvalue weighted by Crippen LogP contribution is 2.25. The number of hydrogen-bond acceptors (Lipinski definition) is 4. The van der Waals surface area contributed by atoms with E-state index in [1.807, 2.05) is 25.1 Å². The number of anilines is 1. The lowest BCUT2D eigenvalue weighted by Gasteiger charge is -2.36. The van der Waals surface area contributed by atoms with Crippen LogP contribution in [0.1, 0.15) is 19.5 Å². The standard InChI is InChI=1S/C19H22N4O/c1-13-9-18(22-10-14(2)24-15(3)11-22)23-12-17(21-19(23)20-13)16-7-5-4-6-8-16/h4-9,12,14-15H,10-11H2,1-3H3/t14-,15-/m0/s1. The van der Waals surface area contributed by atoms with Crippen molar-refractivity contribution in [1.82, 2.24) is 14.4 Å². The maximum Gasteiger partial charge on any atom is 0.236 e. The lowest BCUT2D eigenvalue weighted by atomic mass is 10.2. The summed E-state index contributed by atoms with van der Waals surface area (Å²) in [4.78, 5) is 11.7. The van der Waals surface area contributed by atoms with E-state index in [0.29, 0.717) is 0 Å². The maximum absolute atomic E-state index is 5.87. The van der Waals surface area contributed by atoms with Crippen molar-refractivity contribution in [2.75, 3.05) is 18.0 Å². The highest BCUT2D eigenvalue weighted by Gasteiger charge is 2.24. The van der Waals surface area contributed by atoms with Gasteiger partial charge in [0.2, 0.25) is 5.78 Å². The van der Waals surface area contributed by atoms with Gasteiger partial charge in [-0.2, -0.15) is 0 Å². The van der Waals surface area contributed by atoms with Crippen LogP contribution in [0.4, 0.5) is 5.82 Å². The highest BCUT2D eigenvalue weighted by atomic mass is 16.5. The van der Waals surface area contributed by atoms with Crippen LogP contribution in [-0.2, 0) is 4.74 Å². The quantitative estimate of drug-likeness (QED) is 0.726. The molecule has 0 radical (unpaired) electrons. The number of fused-ring (bicyclic) bond motifs is 1. The van der Waals surface area contributed by atoms with Gasteiger partial charge in [-0.15, -0.1) is 0 Å². The summed E-state index contributed by atoms with van der Waals surface area (Å²) in [6, 6.07) is 12.4. The Kier molecular flexibility index (Phi) is 3.73. The van der Waals surface area contributed by atoms with Gasteiger partial charge in [-0.05, 0) is 20.8 Å². The Hall–Kier alpha value is -2.40. The molecule has 5 heteroatoms. The van der Waals surface area contributed by atoms with Crippen molar-refractivity contribution < 1.29 is 4.74 Å². The molecule has 0 spiro atoms. The number of hydrogen-bond donors (Lipinski definition) is 0. The van der Waals surface area contributed by atoms with Gasteiger partial charge in [0, 0.05) is 36.6 Å². The van der Waals surface area contributed by atoms with Gasteiger partial charge in [-0.1, -0.05) is 30.3 Å². The van der Waals surface area contributed by atoms with Gasteiger partial charge in [0.15, 0.2) is 0 Å². The molecule has 4 rings (SSSR count). The Balaban J connectivity index is 1.82. The average molecular weight is 322 g/mol. The van der Waals surface area contributed by atoms with Crippen LogP contribution in [0, 0.1) is 6.92 Å². The molecule has 0 bridgehead atoms. The molecule has 3 heterocycles. The fourth-order valence-corrected chi connectivity index (χ4v) is 3.42. The summed E-state index contributed by atoms with van der Waals surface area (Å²) in [7, 11) is 0. The molecule has 0 amide bonds. The van der Waals surface area contributed by atoms with E-state index in [9.17, 15) is 0 Å². The number of rotatable bonds is 2. The molecule has 24 heavy (non-hydrogen) atoms. The first-order valence-electron chi connectivity index (χ1n) is 8.43. The zero-order valence-corrected chi connectivity index (χ0v) is 14.3. The Labute approximate surface area is 141 Å². The molecule has 1 aliphatic heterocycles. The molecular weight excluding hydrogens is 300 g/mol. The minimum absolute atomic E-state index is 0.217. The molecule has 3 aromatic rings. The van der Waals surface area contributed by atoms with Gasteiger partial charge in [0.05, 0.1) is 17.9 Å². The normalized spacial score (nSPS) is 21.4. The first kappa shape index (κ1) is 15.1. The molecule has 1 saturated heterocycles. The van der Waals surface area contributed by atoms with Crippen LogP contribution < -0.4 is 4.90 Å². The second-order valence-corrected chi connectivity index (χ2v) is 6.58. The lowest BCUT2D eigenvalue weighted by Crippen LogP contribution is -2.46. The Bertz CT molecular complexity index is 848. The zero-order chi connectivity index (χ0) is 16.7. The van der Waals surface area contributed by atoms with Crippen LogP contribution in [-0.4, -0.2) is 39.7 Å². The predicted octanol–water partition coefficient (Wildman–Crippen LogP) is 3.32. The summed E-state index contributed by atoms with van der Waals surface area (Å²) in [6.45, 7) is 8.02. The summed E-state index contributed by atoms with van der Waals surface area (Å²) in [5.41, 5.74) is 3.04. The second-order valence-electron chi connectivity index (χ2n) is 6.58. The minimum Gasteiger partial charge on any atom is -0.372 e. The summed E-state index contributed by atoms with van der Waals surface area (Å²) >= 11 is 0. The maximum atomic E-state index is 5.87.